The molecule has 2 N–H and O–H groups in total. The van der Waals surface area contributed by atoms with Gasteiger partial charge in [0.05, 0.1) is 23.9 Å². The molecular weight excluding hydrogens is 366 g/mol. The summed E-state index contributed by atoms with van der Waals surface area (Å²) in [5, 5.41) is 3.27. The summed E-state index contributed by atoms with van der Waals surface area (Å²) in [6.07, 6.45) is 2.57. The molecule has 6 nitrogen and oxygen atoms in total. The number of aromatic nitrogens is 1. The van der Waals surface area contributed by atoms with Gasteiger partial charge in [-0.25, -0.2) is 4.79 Å². The Bertz CT molecular complexity index is 864. The Morgan fingerprint density at radius 1 is 1.17 bits per heavy atom. The highest BCUT2D eigenvalue weighted by atomic mass is 16.5. The van der Waals surface area contributed by atoms with Crippen LogP contribution in [0.25, 0.3) is 0 Å². The molecule has 0 amide bonds. The van der Waals surface area contributed by atoms with Crippen LogP contribution < -0.4 is 5.32 Å². The molecular formula is C23H31N3O3. The lowest BCUT2D eigenvalue weighted by Crippen LogP contribution is -2.27. The van der Waals surface area contributed by atoms with Gasteiger partial charge in [0.1, 0.15) is 0 Å². The SMILES string of the molecule is CCOC(=O)c1c(C)[nH]c(C(=O)[C@H](C)Nc2ccc(CN3CCCC3)cc2)c1C. The lowest BCUT2D eigenvalue weighted by atomic mass is 10.0. The number of carbonyl (C=O) groups is 2. The molecule has 156 valence electrons. The van der Waals surface area contributed by atoms with Gasteiger partial charge in [0, 0.05) is 17.9 Å². The number of carbonyl (C=O) groups excluding carboxylic acids is 2. The van der Waals surface area contributed by atoms with Crippen molar-refractivity contribution < 1.29 is 14.3 Å². The van der Waals surface area contributed by atoms with Crippen molar-refractivity contribution in [3.05, 3.63) is 52.3 Å². The minimum atomic E-state index is -0.425. The Balaban J connectivity index is 1.66. The number of nitrogens with zero attached hydrogens (tertiary/aromatic N) is 1. The predicted molar refractivity (Wildman–Crippen MR) is 115 cm³/mol. The first kappa shape index (κ1) is 21.1. The van der Waals surface area contributed by atoms with Crippen molar-refractivity contribution >= 4 is 17.4 Å². The van der Waals surface area contributed by atoms with Gasteiger partial charge < -0.3 is 15.0 Å². The quantitative estimate of drug-likeness (QED) is 0.518. The van der Waals surface area contributed by atoms with E-state index in [2.05, 4.69) is 27.3 Å². The Morgan fingerprint density at radius 3 is 2.45 bits per heavy atom. The summed E-state index contributed by atoms with van der Waals surface area (Å²) >= 11 is 0. The third kappa shape index (κ3) is 4.88. The normalized spacial score (nSPS) is 15.3. The van der Waals surface area contributed by atoms with Crippen LogP contribution in [0, 0.1) is 13.8 Å². The smallest absolute Gasteiger partial charge is 0.340 e. The molecule has 1 aliphatic rings. The van der Waals surface area contributed by atoms with Crippen LogP contribution in [0.4, 0.5) is 5.69 Å². The topological polar surface area (TPSA) is 74.4 Å². The zero-order valence-electron chi connectivity index (χ0n) is 17.8. The molecule has 0 aliphatic carbocycles. The van der Waals surface area contributed by atoms with E-state index in [9.17, 15) is 9.59 Å². The van der Waals surface area contributed by atoms with Gasteiger partial charge in [0.25, 0.3) is 0 Å². The van der Waals surface area contributed by atoms with Crippen LogP contribution in [-0.2, 0) is 11.3 Å². The van der Waals surface area contributed by atoms with E-state index in [4.69, 9.17) is 4.74 Å². The van der Waals surface area contributed by atoms with Crippen LogP contribution >= 0.6 is 0 Å². The minimum absolute atomic E-state index is 0.0812. The first-order valence-corrected chi connectivity index (χ1v) is 10.4. The van der Waals surface area contributed by atoms with Crippen molar-refractivity contribution in [2.75, 3.05) is 25.0 Å². The van der Waals surface area contributed by atoms with Crippen LogP contribution in [0.1, 0.15) is 64.4 Å². The molecule has 1 fully saturated rings. The molecule has 1 aliphatic heterocycles. The molecule has 29 heavy (non-hydrogen) atoms. The van der Waals surface area contributed by atoms with Gasteiger partial charge in [0.2, 0.25) is 5.78 Å². The second-order valence-corrected chi connectivity index (χ2v) is 7.76. The third-order valence-corrected chi connectivity index (χ3v) is 5.50. The number of esters is 1. The molecule has 2 heterocycles. The van der Waals surface area contributed by atoms with E-state index >= 15 is 0 Å². The van der Waals surface area contributed by atoms with E-state index in [-0.39, 0.29) is 5.78 Å². The first-order chi connectivity index (χ1) is 13.9. The summed E-state index contributed by atoms with van der Waals surface area (Å²) in [6.45, 7) is 10.8. The summed E-state index contributed by atoms with van der Waals surface area (Å²) in [4.78, 5) is 30.7. The number of H-pyrrole nitrogens is 1. The molecule has 0 radical (unpaired) electrons. The monoisotopic (exact) mass is 397 g/mol. The number of ketones is 1. The minimum Gasteiger partial charge on any atom is -0.462 e. The fraction of sp³-hybridized carbons (Fsp3) is 0.478. The van der Waals surface area contributed by atoms with Gasteiger partial charge in [-0.1, -0.05) is 12.1 Å². The molecule has 0 unspecified atom stereocenters. The second-order valence-electron chi connectivity index (χ2n) is 7.76. The lowest BCUT2D eigenvalue weighted by molar-refractivity contribution is 0.0525. The van der Waals surface area contributed by atoms with E-state index in [0.717, 1.165) is 12.2 Å². The summed E-state index contributed by atoms with van der Waals surface area (Å²) in [5.74, 6) is -0.478. The molecule has 1 saturated heterocycles. The number of benzene rings is 1. The molecule has 0 spiro atoms. The predicted octanol–water partition coefficient (Wildman–Crippen LogP) is 4.09. The molecule has 6 heteroatoms. The molecule has 0 bridgehead atoms. The number of Topliss-reactive ketones (excluding diaryl/α,β-unsaturated/α-hetero) is 1. The van der Waals surface area contributed by atoms with Crippen LogP contribution in [0.2, 0.25) is 0 Å². The summed E-state index contributed by atoms with van der Waals surface area (Å²) in [6, 6.07) is 7.84. The third-order valence-electron chi connectivity index (χ3n) is 5.50. The zero-order chi connectivity index (χ0) is 21.0. The summed E-state index contributed by atoms with van der Waals surface area (Å²) in [7, 11) is 0. The number of aryl methyl sites for hydroxylation is 1. The van der Waals surface area contributed by atoms with Crippen molar-refractivity contribution in [3.8, 4) is 0 Å². The number of likely N-dealkylation sites (tertiary alicyclic amines) is 1. The summed E-state index contributed by atoms with van der Waals surface area (Å²) in [5.41, 5.74) is 4.39. The van der Waals surface area contributed by atoms with Gasteiger partial charge in [0.15, 0.2) is 0 Å². The Labute approximate surface area is 172 Å². The highest BCUT2D eigenvalue weighted by Crippen LogP contribution is 2.22. The standard InChI is InChI=1S/C23H31N3O3/c1-5-29-23(28)20-15(2)21(25-16(20)3)22(27)17(4)24-19-10-8-18(9-11-19)14-26-12-6-7-13-26/h8-11,17,24-25H,5-7,12-14H2,1-4H3/t17-/m0/s1. The Kier molecular flexibility index (Phi) is 6.75. The summed E-state index contributed by atoms with van der Waals surface area (Å²) < 4.78 is 5.11. The zero-order valence-corrected chi connectivity index (χ0v) is 17.8. The Morgan fingerprint density at radius 2 is 1.83 bits per heavy atom. The van der Waals surface area contributed by atoms with Gasteiger partial charge in [-0.15, -0.1) is 0 Å². The van der Waals surface area contributed by atoms with Crippen molar-refractivity contribution in [1.29, 1.82) is 0 Å². The Hall–Kier alpha value is -2.60. The van der Waals surface area contributed by atoms with Gasteiger partial charge in [-0.3, -0.25) is 9.69 Å². The number of anilines is 1. The average molecular weight is 398 g/mol. The number of nitrogens with one attached hydrogen (secondary N) is 2. The molecule has 1 aromatic heterocycles. The van der Waals surface area contributed by atoms with Crippen molar-refractivity contribution in [1.82, 2.24) is 9.88 Å². The molecule has 3 rings (SSSR count). The van der Waals surface area contributed by atoms with E-state index in [1.165, 1.54) is 31.5 Å². The largest absolute Gasteiger partial charge is 0.462 e. The number of hydrogen-bond donors (Lipinski definition) is 2. The lowest BCUT2D eigenvalue weighted by Gasteiger charge is -2.17. The van der Waals surface area contributed by atoms with Crippen LogP contribution in [0.15, 0.2) is 24.3 Å². The number of ether oxygens (including phenoxy) is 1. The number of aromatic amines is 1. The number of hydrogen-bond acceptors (Lipinski definition) is 5. The molecule has 1 aromatic carbocycles. The fourth-order valence-corrected chi connectivity index (χ4v) is 3.94. The van der Waals surface area contributed by atoms with E-state index in [1.54, 1.807) is 20.8 Å². The number of rotatable bonds is 8. The average Bonchev–Trinajstić information content (AvgIpc) is 3.30. The van der Waals surface area contributed by atoms with E-state index < -0.39 is 12.0 Å². The molecule has 1 atom stereocenters. The first-order valence-electron chi connectivity index (χ1n) is 10.4. The van der Waals surface area contributed by atoms with Gasteiger partial charge >= 0.3 is 5.97 Å². The molecule has 0 saturated carbocycles. The van der Waals surface area contributed by atoms with E-state index in [1.807, 2.05) is 19.1 Å². The van der Waals surface area contributed by atoms with Crippen LogP contribution in [0.3, 0.4) is 0 Å². The van der Waals surface area contributed by atoms with Gasteiger partial charge in [-0.2, -0.15) is 0 Å². The van der Waals surface area contributed by atoms with Crippen molar-refractivity contribution in [3.63, 3.8) is 0 Å². The maximum Gasteiger partial charge on any atom is 0.340 e. The fourth-order valence-electron chi connectivity index (χ4n) is 3.94. The molecule has 2 aromatic rings. The highest BCUT2D eigenvalue weighted by molar-refractivity contribution is 6.04. The second kappa shape index (κ2) is 9.27. The maximum atomic E-state index is 13.0. The van der Waals surface area contributed by atoms with Crippen molar-refractivity contribution in [2.24, 2.45) is 0 Å². The van der Waals surface area contributed by atoms with Crippen LogP contribution in [0.5, 0.6) is 0 Å². The maximum absolute atomic E-state index is 13.0. The highest BCUT2D eigenvalue weighted by Gasteiger charge is 2.25. The van der Waals surface area contributed by atoms with Crippen molar-refractivity contribution in [2.45, 2.75) is 53.1 Å². The van der Waals surface area contributed by atoms with Crippen LogP contribution in [-0.4, -0.2) is 47.4 Å². The van der Waals surface area contributed by atoms with E-state index in [0.29, 0.717) is 29.1 Å². The van der Waals surface area contributed by atoms with Gasteiger partial charge in [-0.05, 0) is 76.9 Å².